The molecule has 63 heavy (non-hydrogen) atoms. The van der Waals surface area contributed by atoms with Crippen LogP contribution < -0.4 is 5.32 Å². The number of nitrogens with zero attached hydrogens (tertiary/aromatic N) is 3. The number of benzene rings is 1. The van der Waals surface area contributed by atoms with Crippen molar-refractivity contribution in [3.05, 3.63) is 64.3 Å². The van der Waals surface area contributed by atoms with Gasteiger partial charge in [0.1, 0.15) is 17.7 Å². The Hall–Kier alpha value is -3.25. The number of aryl methyl sites for hydroxylation is 1. The Morgan fingerprint density at radius 2 is 1.62 bits per heavy atom. The molecule has 5 heterocycles. The van der Waals surface area contributed by atoms with E-state index < -0.39 is 55.6 Å². The van der Waals surface area contributed by atoms with Gasteiger partial charge in [0.2, 0.25) is 11.8 Å². The number of rotatable bonds is 19. The van der Waals surface area contributed by atoms with Crippen molar-refractivity contribution in [2.45, 2.75) is 109 Å². The van der Waals surface area contributed by atoms with Gasteiger partial charge in [-0.3, -0.25) is 33.5 Å². The molecule has 0 unspecified atom stereocenters. The summed E-state index contributed by atoms with van der Waals surface area (Å²) in [5.74, 6) is -0.857. The van der Waals surface area contributed by atoms with Crippen molar-refractivity contribution in [2.24, 2.45) is 11.8 Å². The second-order valence-corrected chi connectivity index (χ2v) is 22.7. The quantitative estimate of drug-likeness (QED) is 0.0903. The summed E-state index contributed by atoms with van der Waals surface area (Å²) in [4.78, 5) is 74.2. The second kappa shape index (κ2) is 20.9. The highest BCUT2D eigenvalue weighted by Crippen LogP contribution is 2.67. The highest BCUT2D eigenvalue weighted by molar-refractivity contribution is 8.13. The van der Waals surface area contributed by atoms with Crippen molar-refractivity contribution in [3.63, 3.8) is 0 Å². The summed E-state index contributed by atoms with van der Waals surface area (Å²) in [5, 5.41) is 2.86. The number of nitrogens with one attached hydrogen (secondary N) is 1. The van der Waals surface area contributed by atoms with E-state index in [4.69, 9.17) is 13.8 Å². The lowest BCUT2D eigenvalue weighted by molar-refractivity contribution is -0.171. The molecule has 1 N–H and O–H groups in total. The van der Waals surface area contributed by atoms with Gasteiger partial charge in [0.05, 0.1) is 31.2 Å². The number of carbonyl (C=O) groups is 5. The molecule has 3 aliphatic heterocycles. The van der Waals surface area contributed by atoms with E-state index in [0.29, 0.717) is 49.9 Å². The molecule has 1 aromatic carbocycles. The van der Waals surface area contributed by atoms with E-state index >= 15 is 8.78 Å². The van der Waals surface area contributed by atoms with Gasteiger partial charge in [-0.25, -0.2) is 0 Å². The number of hydrogen-bond acceptors (Lipinski definition) is 13. The molecule has 0 saturated carbocycles. The van der Waals surface area contributed by atoms with E-state index in [0.717, 1.165) is 58.1 Å². The Morgan fingerprint density at radius 1 is 0.968 bits per heavy atom. The van der Waals surface area contributed by atoms with Crippen molar-refractivity contribution in [3.8, 4) is 0 Å². The lowest BCUT2D eigenvalue weighted by atomic mass is 9.83. The summed E-state index contributed by atoms with van der Waals surface area (Å²) >= 11 is 2.86. The van der Waals surface area contributed by atoms with E-state index in [2.05, 4.69) is 10.3 Å². The number of pyridine rings is 1. The highest BCUT2D eigenvalue weighted by Gasteiger charge is 2.56. The topological polar surface area (TPSA) is 162 Å². The minimum Gasteiger partial charge on any atom is -0.370 e. The van der Waals surface area contributed by atoms with Crippen LogP contribution in [-0.4, -0.2) is 106 Å². The van der Waals surface area contributed by atoms with Crippen LogP contribution in [-0.2, 0) is 48.8 Å². The molecule has 6 rings (SSSR count). The number of ether oxygens (including phenoxy) is 1. The maximum atomic E-state index is 16.4. The van der Waals surface area contributed by atoms with E-state index in [1.807, 2.05) is 40.7 Å². The number of likely N-dealkylation sites (tertiary alicyclic amines) is 1. The van der Waals surface area contributed by atoms with Gasteiger partial charge in [-0.2, -0.15) is 8.78 Å². The number of fused-ring (bicyclic) bond motifs is 2. The third kappa shape index (κ3) is 11.2. The summed E-state index contributed by atoms with van der Waals surface area (Å²) < 4.78 is 63.9. The fourth-order valence-electron chi connectivity index (χ4n) is 8.36. The SMILES string of the molecule is COC1(c2cnccc2C)CN(C(=O)[C@@H]2CC[C@@H]3CCC[C@H](NC(=O)c4cc5cc(C(F)(F)P(=O)(OCCSC(=O)CC(C)C)OCCSC(=O)CC(C)C)ccc5s4)C(=O)N32)C1. The number of aromatic nitrogens is 1. The molecule has 344 valence electrons. The number of alkyl halides is 2. The number of methoxy groups -OCH3 is 1. The molecule has 13 nitrogen and oxygen atoms in total. The number of carbonyl (C=O) groups excluding carboxylic acids is 5. The summed E-state index contributed by atoms with van der Waals surface area (Å²) in [6, 6.07) is 5.28. The summed E-state index contributed by atoms with van der Waals surface area (Å²) in [7, 11) is -3.62. The molecule has 3 saturated heterocycles. The number of halogens is 2. The van der Waals surface area contributed by atoms with Crippen LogP contribution in [0.1, 0.15) is 99.0 Å². The zero-order chi connectivity index (χ0) is 45.7. The van der Waals surface area contributed by atoms with Gasteiger partial charge in [0.15, 0.2) is 10.2 Å². The van der Waals surface area contributed by atoms with Crippen molar-refractivity contribution < 1.29 is 51.1 Å². The van der Waals surface area contributed by atoms with Crippen molar-refractivity contribution in [2.75, 3.05) is 44.9 Å². The van der Waals surface area contributed by atoms with Crippen LogP contribution in [0.4, 0.5) is 8.78 Å². The van der Waals surface area contributed by atoms with Gasteiger partial charge in [-0.05, 0) is 86.1 Å². The van der Waals surface area contributed by atoms with Gasteiger partial charge in [0.25, 0.3) is 5.91 Å². The standard InChI is InChI=1S/C44H57F2N4O9PS3/c1-27(2)20-38(51)61-18-16-58-60(56,59-17-19-62-39(52)21-28(3)4)44(45,46)31-10-13-36-30(22-31)23-37(63-36)40(53)48-34-9-7-8-32-11-12-35(50(32)41(34)54)42(55)49-25-43(26-49,57-6)33-24-47-15-14-29(33)5/h10,13-15,22-24,27-28,32,34-35H,7-9,11-12,16-21,25-26H2,1-6H3,(H,48,53)/t32-,34-,35-/m0/s1. The number of hydrogen-bond donors (Lipinski definition) is 1. The Labute approximate surface area is 380 Å². The van der Waals surface area contributed by atoms with E-state index in [9.17, 15) is 28.5 Å². The maximum absolute atomic E-state index is 16.4. The number of amides is 3. The molecule has 19 heteroatoms. The molecule has 3 fully saturated rings. The molecule has 0 bridgehead atoms. The van der Waals surface area contributed by atoms with E-state index in [1.54, 1.807) is 29.3 Å². The lowest BCUT2D eigenvalue weighted by Crippen LogP contribution is -2.66. The first-order chi connectivity index (χ1) is 29.9. The third-order valence-electron chi connectivity index (χ3n) is 11.6. The highest BCUT2D eigenvalue weighted by atomic mass is 32.2. The summed E-state index contributed by atoms with van der Waals surface area (Å²) in [6.45, 7) is 9.27. The Bertz CT molecular complexity index is 2180. The predicted molar refractivity (Wildman–Crippen MR) is 242 cm³/mol. The normalized spacial score (nSPS) is 20.2. The van der Waals surface area contributed by atoms with Crippen molar-refractivity contribution in [1.82, 2.24) is 20.1 Å². The zero-order valence-corrected chi connectivity index (χ0v) is 39.9. The van der Waals surface area contributed by atoms with Gasteiger partial charge in [-0.1, -0.05) is 57.3 Å². The van der Waals surface area contributed by atoms with Crippen LogP contribution in [0.5, 0.6) is 0 Å². The van der Waals surface area contributed by atoms with Crippen LogP contribution in [0.15, 0.2) is 42.7 Å². The monoisotopic (exact) mass is 950 g/mol. The molecule has 0 radical (unpaired) electrons. The molecule has 3 aliphatic rings. The molecule has 2 aromatic heterocycles. The Morgan fingerprint density at radius 3 is 2.22 bits per heavy atom. The first kappa shape index (κ1) is 49.2. The predicted octanol–water partition coefficient (Wildman–Crippen LogP) is 8.52. The number of thiophene rings is 1. The molecular weight excluding hydrogens is 894 g/mol. The first-order valence-electron chi connectivity index (χ1n) is 21.4. The Kier molecular flexibility index (Phi) is 16.3. The lowest BCUT2D eigenvalue weighted by Gasteiger charge is -2.50. The number of thioether (sulfide) groups is 2. The Balaban J connectivity index is 1.13. The molecule has 0 spiro atoms. The third-order valence-corrected chi connectivity index (χ3v) is 16.4. The van der Waals surface area contributed by atoms with Gasteiger partial charge < -0.3 is 28.9 Å². The van der Waals surface area contributed by atoms with Crippen LogP contribution in [0.25, 0.3) is 10.1 Å². The zero-order valence-electron chi connectivity index (χ0n) is 36.6. The summed E-state index contributed by atoms with van der Waals surface area (Å²) in [5.41, 5.74) is -3.56. The molecule has 3 amide bonds. The van der Waals surface area contributed by atoms with Crippen LogP contribution >= 0.6 is 42.5 Å². The first-order valence-corrected chi connectivity index (χ1v) is 25.7. The average Bonchev–Trinajstić information content (AvgIpc) is 3.81. The summed E-state index contributed by atoms with van der Waals surface area (Å²) in [6.07, 6.45) is 6.96. The second-order valence-electron chi connectivity index (χ2n) is 17.2. The maximum Gasteiger partial charge on any atom is 0.404 e. The molecule has 3 atom stereocenters. The van der Waals surface area contributed by atoms with Gasteiger partial charge in [-0.15, -0.1) is 11.3 Å². The molecular formula is C44H57F2N4O9PS3. The van der Waals surface area contributed by atoms with Crippen molar-refractivity contribution >= 4 is 80.5 Å². The minimum atomic E-state index is -5.23. The fraction of sp³-hybridized carbons (Fsp3) is 0.591. The fourth-order valence-corrected chi connectivity index (χ4v) is 12.8. The largest absolute Gasteiger partial charge is 0.404 e. The average molecular weight is 951 g/mol. The smallest absolute Gasteiger partial charge is 0.370 e. The van der Waals surface area contributed by atoms with Crippen LogP contribution in [0.2, 0.25) is 0 Å². The van der Waals surface area contributed by atoms with E-state index in [1.165, 1.54) is 12.1 Å². The molecule has 0 aliphatic carbocycles. The van der Waals surface area contributed by atoms with E-state index in [-0.39, 0.29) is 74.5 Å². The minimum absolute atomic E-state index is 0.0163. The van der Waals surface area contributed by atoms with Crippen LogP contribution in [0.3, 0.4) is 0 Å². The van der Waals surface area contributed by atoms with Gasteiger partial charge >= 0.3 is 13.3 Å². The van der Waals surface area contributed by atoms with Gasteiger partial charge in [0, 0.05) is 65.7 Å². The van der Waals surface area contributed by atoms with Crippen molar-refractivity contribution in [1.29, 1.82) is 0 Å². The van der Waals surface area contributed by atoms with Crippen LogP contribution in [0, 0.1) is 18.8 Å². The molecule has 3 aromatic rings.